The lowest BCUT2D eigenvalue weighted by atomic mass is 10.1. The van der Waals surface area contributed by atoms with Crippen molar-refractivity contribution in [2.24, 2.45) is 0 Å². The number of halogens is 1. The lowest BCUT2D eigenvalue weighted by molar-refractivity contribution is 0.0876. The molecule has 1 aromatic carbocycles. The van der Waals surface area contributed by atoms with Crippen molar-refractivity contribution >= 4 is 21.6 Å². The molecule has 1 fully saturated rings. The number of rotatable bonds is 2. The molecule has 1 saturated heterocycles. The van der Waals surface area contributed by atoms with E-state index in [1.54, 1.807) is 0 Å². The zero-order chi connectivity index (χ0) is 11.4. The second-order valence-electron chi connectivity index (χ2n) is 3.86. The topological polar surface area (TPSA) is 45.0 Å². The van der Waals surface area contributed by atoms with E-state index in [0.717, 1.165) is 36.2 Å². The monoisotopic (exact) mass is 280 g/mol. The molecule has 4 heteroatoms. The summed E-state index contributed by atoms with van der Waals surface area (Å²) in [5.74, 6) is 0. The molecule has 1 aromatic rings. The molecule has 1 heterocycles. The Morgan fingerprint density at radius 1 is 1.50 bits per heavy atom. The van der Waals surface area contributed by atoms with Crippen LogP contribution in [0.15, 0.2) is 22.7 Å². The highest BCUT2D eigenvalue weighted by Gasteiger charge is 2.13. The summed E-state index contributed by atoms with van der Waals surface area (Å²) in [6.07, 6.45) is 2.24. The van der Waals surface area contributed by atoms with E-state index < -0.39 is 0 Å². The van der Waals surface area contributed by atoms with Gasteiger partial charge in [0, 0.05) is 22.8 Å². The lowest BCUT2D eigenvalue weighted by Gasteiger charge is -2.24. The Morgan fingerprint density at radius 3 is 3.00 bits per heavy atom. The van der Waals surface area contributed by atoms with Crippen molar-refractivity contribution in [1.82, 2.24) is 0 Å². The smallest absolute Gasteiger partial charge is 0.100 e. The first kappa shape index (κ1) is 11.4. The molecule has 16 heavy (non-hydrogen) atoms. The summed E-state index contributed by atoms with van der Waals surface area (Å²) >= 11 is 3.38. The fraction of sp³-hybridized carbons (Fsp3) is 0.417. The summed E-state index contributed by atoms with van der Waals surface area (Å²) in [6.45, 7) is 1.63. The standard InChI is InChI=1S/C12H13BrN2O/c13-12-6-10(4-3-9(12)7-14)15-11-2-1-5-16-8-11/h3-4,6,11,15H,1-2,5,8H2. The molecule has 2 rings (SSSR count). The van der Waals surface area contributed by atoms with Crippen LogP contribution in [0, 0.1) is 11.3 Å². The molecule has 0 radical (unpaired) electrons. The quantitative estimate of drug-likeness (QED) is 0.906. The van der Waals surface area contributed by atoms with Gasteiger partial charge in [0.15, 0.2) is 0 Å². The second kappa shape index (κ2) is 5.33. The third-order valence-electron chi connectivity index (χ3n) is 2.62. The van der Waals surface area contributed by atoms with Gasteiger partial charge >= 0.3 is 0 Å². The highest BCUT2D eigenvalue weighted by Crippen LogP contribution is 2.22. The molecule has 0 saturated carbocycles. The molecule has 0 aliphatic carbocycles. The largest absolute Gasteiger partial charge is 0.380 e. The number of hydrogen-bond donors (Lipinski definition) is 1. The highest BCUT2D eigenvalue weighted by atomic mass is 79.9. The van der Waals surface area contributed by atoms with Gasteiger partial charge in [-0.05, 0) is 47.0 Å². The summed E-state index contributed by atoms with van der Waals surface area (Å²) in [4.78, 5) is 0. The van der Waals surface area contributed by atoms with Crippen LogP contribution in [0.5, 0.6) is 0 Å². The third-order valence-corrected chi connectivity index (χ3v) is 3.28. The van der Waals surface area contributed by atoms with Crippen LogP contribution in [-0.4, -0.2) is 19.3 Å². The zero-order valence-corrected chi connectivity index (χ0v) is 10.5. The molecule has 1 aliphatic rings. The minimum Gasteiger partial charge on any atom is -0.380 e. The fourth-order valence-electron chi connectivity index (χ4n) is 1.79. The maximum atomic E-state index is 8.81. The van der Waals surface area contributed by atoms with Crippen LogP contribution in [0.25, 0.3) is 0 Å². The Labute approximate surface area is 104 Å². The first-order valence-electron chi connectivity index (χ1n) is 5.33. The van der Waals surface area contributed by atoms with Crippen molar-refractivity contribution in [3.63, 3.8) is 0 Å². The molecule has 0 bridgehead atoms. The molecule has 0 amide bonds. The predicted octanol–water partition coefficient (Wildman–Crippen LogP) is 2.91. The average Bonchev–Trinajstić information content (AvgIpc) is 2.31. The van der Waals surface area contributed by atoms with Crippen LogP contribution in [0.2, 0.25) is 0 Å². The number of hydrogen-bond acceptors (Lipinski definition) is 3. The molecular weight excluding hydrogens is 268 g/mol. The normalized spacial score (nSPS) is 20.1. The number of benzene rings is 1. The van der Waals surface area contributed by atoms with Gasteiger partial charge in [0.25, 0.3) is 0 Å². The Bertz CT molecular complexity index is 408. The van der Waals surface area contributed by atoms with Crippen molar-refractivity contribution in [2.75, 3.05) is 18.5 Å². The summed E-state index contributed by atoms with van der Waals surface area (Å²) in [5.41, 5.74) is 1.69. The summed E-state index contributed by atoms with van der Waals surface area (Å²) < 4.78 is 6.23. The summed E-state index contributed by atoms with van der Waals surface area (Å²) in [7, 11) is 0. The van der Waals surface area contributed by atoms with E-state index in [1.807, 2.05) is 18.2 Å². The minimum atomic E-state index is 0.383. The number of nitrogens with zero attached hydrogens (tertiary/aromatic N) is 1. The number of nitrogens with one attached hydrogen (secondary N) is 1. The van der Waals surface area contributed by atoms with Gasteiger partial charge in [-0.1, -0.05) is 0 Å². The van der Waals surface area contributed by atoms with Crippen LogP contribution >= 0.6 is 15.9 Å². The highest BCUT2D eigenvalue weighted by molar-refractivity contribution is 9.10. The molecular formula is C12H13BrN2O. The summed E-state index contributed by atoms with van der Waals surface area (Å²) in [6, 6.07) is 8.19. The van der Waals surface area contributed by atoms with Gasteiger partial charge in [-0.25, -0.2) is 0 Å². The van der Waals surface area contributed by atoms with E-state index in [1.165, 1.54) is 0 Å². The van der Waals surface area contributed by atoms with Crippen molar-refractivity contribution < 1.29 is 4.74 Å². The lowest BCUT2D eigenvalue weighted by Crippen LogP contribution is -2.29. The van der Waals surface area contributed by atoms with Gasteiger partial charge in [-0.2, -0.15) is 5.26 Å². The summed E-state index contributed by atoms with van der Waals surface area (Å²) in [5, 5.41) is 12.2. The van der Waals surface area contributed by atoms with E-state index in [-0.39, 0.29) is 0 Å². The first-order chi connectivity index (χ1) is 7.79. The zero-order valence-electron chi connectivity index (χ0n) is 8.87. The SMILES string of the molecule is N#Cc1ccc(NC2CCCOC2)cc1Br. The second-order valence-corrected chi connectivity index (χ2v) is 4.72. The van der Waals surface area contributed by atoms with Crippen LogP contribution in [-0.2, 0) is 4.74 Å². The van der Waals surface area contributed by atoms with Crippen molar-refractivity contribution in [1.29, 1.82) is 5.26 Å². The van der Waals surface area contributed by atoms with Crippen molar-refractivity contribution in [3.8, 4) is 6.07 Å². The molecule has 1 aliphatic heterocycles. The van der Waals surface area contributed by atoms with Crippen molar-refractivity contribution in [3.05, 3.63) is 28.2 Å². The molecule has 1 atom stereocenters. The van der Waals surface area contributed by atoms with E-state index in [2.05, 4.69) is 27.3 Å². The van der Waals surface area contributed by atoms with E-state index in [4.69, 9.17) is 10.00 Å². The maximum Gasteiger partial charge on any atom is 0.100 e. The van der Waals surface area contributed by atoms with Crippen LogP contribution in [0.1, 0.15) is 18.4 Å². The Morgan fingerprint density at radius 2 is 2.38 bits per heavy atom. The number of nitriles is 1. The molecule has 1 unspecified atom stereocenters. The number of anilines is 1. The van der Waals surface area contributed by atoms with Gasteiger partial charge in [-0.3, -0.25) is 0 Å². The van der Waals surface area contributed by atoms with Gasteiger partial charge in [-0.15, -0.1) is 0 Å². The van der Waals surface area contributed by atoms with Crippen LogP contribution in [0.4, 0.5) is 5.69 Å². The van der Waals surface area contributed by atoms with E-state index in [9.17, 15) is 0 Å². The maximum absolute atomic E-state index is 8.81. The minimum absolute atomic E-state index is 0.383. The Balaban J connectivity index is 2.04. The Kier molecular flexibility index (Phi) is 3.81. The van der Waals surface area contributed by atoms with Gasteiger partial charge in [0.05, 0.1) is 12.2 Å². The van der Waals surface area contributed by atoms with Gasteiger partial charge in [0.1, 0.15) is 6.07 Å². The molecule has 1 N–H and O–H groups in total. The first-order valence-corrected chi connectivity index (χ1v) is 6.13. The van der Waals surface area contributed by atoms with E-state index in [0.29, 0.717) is 11.6 Å². The Hall–Kier alpha value is -1.05. The third kappa shape index (κ3) is 2.75. The van der Waals surface area contributed by atoms with E-state index >= 15 is 0 Å². The predicted molar refractivity (Wildman–Crippen MR) is 66.3 cm³/mol. The fourth-order valence-corrected chi connectivity index (χ4v) is 2.25. The molecule has 3 nitrogen and oxygen atoms in total. The van der Waals surface area contributed by atoms with Gasteiger partial charge < -0.3 is 10.1 Å². The van der Waals surface area contributed by atoms with Crippen LogP contribution in [0.3, 0.4) is 0 Å². The molecule has 0 aromatic heterocycles. The van der Waals surface area contributed by atoms with Gasteiger partial charge in [0.2, 0.25) is 0 Å². The van der Waals surface area contributed by atoms with Crippen LogP contribution < -0.4 is 5.32 Å². The molecule has 84 valence electrons. The number of ether oxygens (including phenoxy) is 1. The average molecular weight is 281 g/mol. The molecule has 0 spiro atoms. The van der Waals surface area contributed by atoms with Crippen molar-refractivity contribution in [2.45, 2.75) is 18.9 Å².